The first-order valence-electron chi connectivity index (χ1n) is 6.80. The number of hydrogen-bond acceptors (Lipinski definition) is 1. The summed E-state index contributed by atoms with van der Waals surface area (Å²) in [6, 6.07) is 15.1. The lowest BCUT2D eigenvalue weighted by molar-refractivity contribution is 0.410. The standard InChI is InChI=1S/C17H19BrFN/c1-12(2)17(13-7-9-15(19)10-8-13)20-11-14-5-3-4-6-16(14)18/h3-10,12,17,20H,11H2,1-2H3. The van der Waals surface area contributed by atoms with E-state index in [1.807, 2.05) is 30.3 Å². The Bertz CT molecular complexity index is 551. The second-order valence-corrected chi connectivity index (χ2v) is 6.10. The van der Waals surface area contributed by atoms with Crippen molar-refractivity contribution >= 4 is 15.9 Å². The molecule has 0 aliphatic heterocycles. The predicted octanol–water partition coefficient (Wildman–Crippen LogP) is 5.08. The summed E-state index contributed by atoms with van der Waals surface area (Å²) in [5.74, 6) is 0.241. The SMILES string of the molecule is CC(C)C(NCc1ccccc1Br)c1ccc(F)cc1. The highest BCUT2D eigenvalue weighted by atomic mass is 79.9. The average Bonchev–Trinajstić information content (AvgIpc) is 2.42. The minimum atomic E-state index is -0.193. The van der Waals surface area contributed by atoms with Crippen LogP contribution in [0, 0.1) is 11.7 Å². The first-order valence-corrected chi connectivity index (χ1v) is 7.59. The van der Waals surface area contributed by atoms with Crippen molar-refractivity contribution in [2.24, 2.45) is 5.92 Å². The molecule has 0 saturated heterocycles. The highest BCUT2D eigenvalue weighted by Gasteiger charge is 2.15. The van der Waals surface area contributed by atoms with Crippen LogP contribution in [0.4, 0.5) is 4.39 Å². The Morgan fingerprint density at radius 3 is 2.30 bits per heavy atom. The number of nitrogens with one attached hydrogen (secondary N) is 1. The van der Waals surface area contributed by atoms with E-state index in [4.69, 9.17) is 0 Å². The summed E-state index contributed by atoms with van der Waals surface area (Å²) < 4.78 is 14.1. The van der Waals surface area contributed by atoms with Gasteiger partial charge in [-0.15, -0.1) is 0 Å². The maximum absolute atomic E-state index is 13.0. The largest absolute Gasteiger partial charge is 0.306 e. The molecule has 0 bridgehead atoms. The highest BCUT2D eigenvalue weighted by Crippen LogP contribution is 2.23. The van der Waals surface area contributed by atoms with Gasteiger partial charge in [-0.3, -0.25) is 0 Å². The molecule has 1 nitrogen and oxygen atoms in total. The van der Waals surface area contributed by atoms with Crippen molar-refractivity contribution in [1.82, 2.24) is 5.32 Å². The summed E-state index contributed by atoms with van der Waals surface area (Å²) in [4.78, 5) is 0. The third-order valence-electron chi connectivity index (χ3n) is 3.37. The minimum Gasteiger partial charge on any atom is -0.306 e. The van der Waals surface area contributed by atoms with Gasteiger partial charge in [0, 0.05) is 17.1 Å². The molecule has 1 N–H and O–H groups in total. The maximum Gasteiger partial charge on any atom is 0.123 e. The van der Waals surface area contributed by atoms with Gasteiger partial charge in [0.25, 0.3) is 0 Å². The average molecular weight is 336 g/mol. The molecule has 0 aliphatic carbocycles. The van der Waals surface area contributed by atoms with E-state index in [1.165, 1.54) is 17.7 Å². The molecule has 2 aromatic rings. The van der Waals surface area contributed by atoms with Crippen LogP contribution in [0.25, 0.3) is 0 Å². The fourth-order valence-corrected chi connectivity index (χ4v) is 2.70. The van der Waals surface area contributed by atoms with E-state index >= 15 is 0 Å². The third kappa shape index (κ3) is 3.90. The van der Waals surface area contributed by atoms with Crippen LogP contribution < -0.4 is 5.32 Å². The van der Waals surface area contributed by atoms with E-state index in [1.54, 1.807) is 0 Å². The Hall–Kier alpha value is -1.19. The summed E-state index contributed by atoms with van der Waals surface area (Å²) >= 11 is 3.56. The van der Waals surface area contributed by atoms with Crippen molar-refractivity contribution in [2.75, 3.05) is 0 Å². The number of halogens is 2. The molecule has 1 atom stereocenters. The molecule has 0 spiro atoms. The zero-order valence-electron chi connectivity index (χ0n) is 11.7. The van der Waals surface area contributed by atoms with Crippen LogP contribution >= 0.6 is 15.9 Å². The van der Waals surface area contributed by atoms with Crippen molar-refractivity contribution in [1.29, 1.82) is 0 Å². The predicted molar refractivity (Wildman–Crippen MR) is 85.0 cm³/mol. The van der Waals surface area contributed by atoms with Crippen LogP contribution in [0.2, 0.25) is 0 Å². The molecular formula is C17H19BrFN. The first-order chi connectivity index (χ1) is 9.58. The molecule has 20 heavy (non-hydrogen) atoms. The summed E-state index contributed by atoms with van der Waals surface area (Å²) in [6.45, 7) is 5.11. The van der Waals surface area contributed by atoms with Crippen molar-refractivity contribution in [2.45, 2.75) is 26.4 Å². The molecule has 3 heteroatoms. The molecular weight excluding hydrogens is 317 g/mol. The van der Waals surface area contributed by atoms with Gasteiger partial charge in [-0.1, -0.05) is 60.1 Å². The molecule has 1 unspecified atom stereocenters. The van der Waals surface area contributed by atoms with Crippen LogP contribution in [0.15, 0.2) is 53.0 Å². The van der Waals surface area contributed by atoms with E-state index in [9.17, 15) is 4.39 Å². The number of hydrogen-bond donors (Lipinski definition) is 1. The van der Waals surface area contributed by atoms with E-state index in [0.29, 0.717) is 5.92 Å². The Morgan fingerprint density at radius 1 is 1.05 bits per heavy atom. The molecule has 0 amide bonds. The molecule has 0 heterocycles. The second-order valence-electron chi connectivity index (χ2n) is 5.25. The molecule has 2 rings (SSSR count). The summed E-state index contributed by atoms with van der Waals surface area (Å²) in [7, 11) is 0. The Balaban J connectivity index is 2.11. The molecule has 2 aromatic carbocycles. The van der Waals surface area contributed by atoms with Crippen molar-refractivity contribution in [3.8, 4) is 0 Å². The third-order valence-corrected chi connectivity index (χ3v) is 4.14. The van der Waals surface area contributed by atoms with Gasteiger partial charge in [-0.2, -0.15) is 0 Å². The number of rotatable bonds is 5. The van der Waals surface area contributed by atoms with Crippen LogP contribution in [0.1, 0.15) is 31.0 Å². The highest BCUT2D eigenvalue weighted by molar-refractivity contribution is 9.10. The lowest BCUT2D eigenvalue weighted by Crippen LogP contribution is -2.25. The molecule has 106 valence electrons. The lowest BCUT2D eigenvalue weighted by Gasteiger charge is -2.23. The van der Waals surface area contributed by atoms with Gasteiger partial charge in [0.15, 0.2) is 0 Å². The van der Waals surface area contributed by atoms with Gasteiger partial charge in [-0.05, 0) is 35.2 Å². The van der Waals surface area contributed by atoms with Crippen molar-refractivity contribution < 1.29 is 4.39 Å². The number of benzene rings is 2. The van der Waals surface area contributed by atoms with Crippen LogP contribution in [-0.4, -0.2) is 0 Å². The van der Waals surface area contributed by atoms with E-state index < -0.39 is 0 Å². The van der Waals surface area contributed by atoms with Gasteiger partial charge in [0.1, 0.15) is 5.82 Å². The maximum atomic E-state index is 13.0. The summed E-state index contributed by atoms with van der Waals surface area (Å²) in [5.41, 5.74) is 2.34. The molecule has 0 aromatic heterocycles. The van der Waals surface area contributed by atoms with E-state index in [0.717, 1.165) is 16.6 Å². The van der Waals surface area contributed by atoms with Crippen molar-refractivity contribution in [3.05, 3.63) is 69.9 Å². The molecule has 0 saturated carbocycles. The normalized spacial score (nSPS) is 12.7. The Labute approximate surface area is 128 Å². The van der Waals surface area contributed by atoms with Gasteiger partial charge < -0.3 is 5.32 Å². The van der Waals surface area contributed by atoms with Gasteiger partial charge in [0.05, 0.1) is 0 Å². The molecule has 0 fully saturated rings. The monoisotopic (exact) mass is 335 g/mol. The van der Waals surface area contributed by atoms with Gasteiger partial charge in [0.2, 0.25) is 0 Å². The van der Waals surface area contributed by atoms with Crippen molar-refractivity contribution in [3.63, 3.8) is 0 Å². The fraction of sp³-hybridized carbons (Fsp3) is 0.294. The zero-order chi connectivity index (χ0) is 14.5. The fourth-order valence-electron chi connectivity index (χ4n) is 2.27. The van der Waals surface area contributed by atoms with E-state index in [2.05, 4.69) is 41.2 Å². The Morgan fingerprint density at radius 2 is 1.70 bits per heavy atom. The molecule has 0 radical (unpaired) electrons. The van der Waals surface area contributed by atoms with Crippen LogP contribution in [0.3, 0.4) is 0 Å². The Kier molecular flexibility index (Phi) is 5.32. The zero-order valence-corrected chi connectivity index (χ0v) is 13.3. The van der Waals surface area contributed by atoms with Gasteiger partial charge >= 0.3 is 0 Å². The smallest absolute Gasteiger partial charge is 0.123 e. The summed E-state index contributed by atoms with van der Waals surface area (Å²) in [5, 5.41) is 3.56. The quantitative estimate of drug-likeness (QED) is 0.803. The first kappa shape index (κ1) is 15.2. The van der Waals surface area contributed by atoms with E-state index in [-0.39, 0.29) is 11.9 Å². The minimum absolute atomic E-state index is 0.193. The van der Waals surface area contributed by atoms with Crippen LogP contribution in [0.5, 0.6) is 0 Å². The lowest BCUT2D eigenvalue weighted by atomic mass is 9.96. The van der Waals surface area contributed by atoms with Crippen LogP contribution in [-0.2, 0) is 6.54 Å². The van der Waals surface area contributed by atoms with Gasteiger partial charge in [-0.25, -0.2) is 4.39 Å². The molecule has 0 aliphatic rings. The topological polar surface area (TPSA) is 12.0 Å². The second kappa shape index (κ2) is 7.00. The summed E-state index contributed by atoms with van der Waals surface area (Å²) in [6.07, 6.45) is 0.